The van der Waals surface area contributed by atoms with E-state index >= 15 is 0 Å². The van der Waals surface area contributed by atoms with Crippen LogP contribution in [0.15, 0.2) is 53.7 Å². The van der Waals surface area contributed by atoms with Gasteiger partial charge in [0.1, 0.15) is 5.82 Å². The lowest BCUT2D eigenvalue weighted by atomic mass is 9.99. The minimum Gasteiger partial charge on any atom is -0.342 e. The van der Waals surface area contributed by atoms with E-state index in [4.69, 9.17) is 0 Å². The first-order valence-corrected chi connectivity index (χ1v) is 12.0. The number of hydrogen-bond acceptors (Lipinski definition) is 4. The van der Waals surface area contributed by atoms with Gasteiger partial charge in [-0.15, -0.1) is 10.2 Å². The number of carbonyl (C=O) groups is 1. The van der Waals surface area contributed by atoms with Crippen LogP contribution < -0.4 is 0 Å². The van der Waals surface area contributed by atoms with Crippen molar-refractivity contribution in [1.82, 2.24) is 19.7 Å². The highest BCUT2D eigenvalue weighted by molar-refractivity contribution is 7.99. The highest BCUT2D eigenvalue weighted by atomic mass is 32.2. The fraction of sp³-hybridized carbons (Fsp3) is 0.400. The molecule has 2 aromatic carbocycles. The number of nitrogens with zero attached hydrogens (tertiary/aromatic N) is 4. The zero-order valence-electron chi connectivity index (χ0n) is 18.5. The van der Waals surface area contributed by atoms with Crippen molar-refractivity contribution in [2.75, 3.05) is 18.8 Å². The molecule has 31 heavy (non-hydrogen) atoms. The lowest BCUT2D eigenvalue weighted by molar-refractivity contribution is -0.129. The standard InChI is InChI=1S/C25H30N4OS/c1-18-11-13-28(14-12-18)24(30)17-31-25-27-26-23(16-21-7-5-4-6-8-21)29(25)22-10-9-19(2)15-20(22)3/h4-10,15,18H,11-14,16-17H2,1-3H3. The third kappa shape index (κ3) is 5.18. The normalized spacial score (nSPS) is 14.7. The van der Waals surface area contributed by atoms with Gasteiger partial charge in [-0.05, 0) is 49.8 Å². The molecule has 0 radical (unpaired) electrons. The first-order chi connectivity index (χ1) is 15.0. The summed E-state index contributed by atoms with van der Waals surface area (Å²) in [5.74, 6) is 2.18. The topological polar surface area (TPSA) is 51.0 Å². The Morgan fingerprint density at radius 2 is 1.81 bits per heavy atom. The van der Waals surface area contributed by atoms with E-state index in [1.807, 2.05) is 23.1 Å². The molecular formula is C25H30N4OS. The first-order valence-electron chi connectivity index (χ1n) is 11.0. The third-order valence-corrected chi connectivity index (χ3v) is 6.87. The van der Waals surface area contributed by atoms with Gasteiger partial charge in [-0.3, -0.25) is 9.36 Å². The number of piperidine rings is 1. The van der Waals surface area contributed by atoms with Crippen LogP contribution in [0.4, 0.5) is 0 Å². The monoisotopic (exact) mass is 434 g/mol. The zero-order chi connectivity index (χ0) is 21.8. The fourth-order valence-electron chi connectivity index (χ4n) is 4.06. The molecule has 0 N–H and O–H groups in total. The van der Waals surface area contributed by atoms with Gasteiger partial charge >= 0.3 is 0 Å². The van der Waals surface area contributed by atoms with E-state index in [1.54, 1.807) is 0 Å². The van der Waals surface area contributed by atoms with Crippen LogP contribution in [0.2, 0.25) is 0 Å². The number of aryl methyl sites for hydroxylation is 2. The van der Waals surface area contributed by atoms with E-state index in [0.717, 1.165) is 42.6 Å². The van der Waals surface area contributed by atoms with Gasteiger partial charge in [0.05, 0.1) is 11.4 Å². The average Bonchev–Trinajstić information content (AvgIpc) is 3.15. The molecule has 2 heterocycles. The minimum absolute atomic E-state index is 0.191. The zero-order valence-corrected chi connectivity index (χ0v) is 19.4. The number of thioether (sulfide) groups is 1. The highest BCUT2D eigenvalue weighted by Crippen LogP contribution is 2.27. The molecule has 1 fully saturated rings. The van der Waals surface area contributed by atoms with Gasteiger partial charge in [-0.2, -0.15) is 0 Å². The van der Waals surface area contributed by atoms with Crippen molar-refractivity contribution in [2.24, 2.45) is 5.92 Å². The van der Waals surface area contributed by atoms with Gasteiger partial charge in [-0.25, -0.2) is 0 Å². The predicted octanol–water partition coefficient (Wildman–Crippen LogP) is 4.83. The Morgan fingerprint density at radius 3 is 2.52 bits per heavy atom. The number of rotatable bonds is 6. The molecule has 1 aliphatic rings. The van der Waals surface area contributed by atoms with E-state index in [2.05, 4.69) is 65.9 Å². The average molecular weight is 435 g/mol. The maximum atomic E-state index is 12.8. The van der Waals surface area contributed by atoms with Crippen LogP contribution in [0.5, 0.6) is 0 Å². The van der Waals surface area contributed by atoms with Gasteiger partial charge in [-0.1, -0.05) is 66.7 Å². The second-order valence-electron chi connectivity index (χ2n) is 8.54. The summed E-state index contributed by atoms with van der Waals surface area (Å²) < 4.78 is 2.12. The van der Waals surface area contributed by atoms with Crippen molar-refractivity contribution >= 4 is 17.7 Å². The van der Waals surface area contributed by atoms with Gasteiger partial charge in [0, 0.05) is 19.5 Å². The van der Waals surface area contributed by atoms with Crippen molar-refractivity contribution in [2.45, 2.75) is 45.2 Å². The molecule has 1 amide bonds. The van der Waals surface area contributed by atoms with Crippen LogP contribution in [-0.2, 0) is 11.2 Å². The molecule has 0 atom stereocenters. The summed E-state index contributed by atoms with van der Waals surface area (Å²) in [6.45, 7) is 8.20. The first kappa shape index (κ1) is 21.6. The Bertz CT molecular complexity index is 1040. The minimum atomic E-state index is 0.191. The van der Waals surface area contributed by atoms with E-state index in [-0.39, 0.29) is 5.91 Å². The molecule has 1 aromatic heterocycles. The van der Waals surface area contributed by atoms with Crippen LogP contribution in [0.1, 0.15) is 42.3 Å². The van der Waals surface area contributed by atoms with Crippen molar-refractivity contribution in [1.29, 1.82) is 0 Å². The lowest BCUT2D eigenvalue weighted by Gasteiger charge is -2.30. The largest absolute Gasteiger partial charge is 0.342 e. The molecule has 162 valence electrons. The molecule has 3 aromatic rings. The van der Waals surface area contributed by atoms with E-state index < -0.39 is 0 Å². The number of carbonyl (C=O) groups excluding carboxylic acids is 1. The predicted molar refractivity (Wildman–Crippen MR) is 126 cm³/mol. The molecule has 0 bridgehead atoms. The summed E-state index contributed by atoms with van der Waals surface area (Å²) in [6, 6.07) is 16.7. The Hall–Kier alpha value is -2.60. The number of likely N-dealkylation sites (tertiary alicyclic amines) is 1. The van der Waals surface area contributed by atoms with Crippen molar-refractivity contribution < 1.29 is 4.79 Å². The second-order valence-corrected chi connectivity index (χ2v) is 9.48. The Kier molecular flexibility index (Phi) is 6.76. The van der Waals surface area contributed by atoms with E-state index in [1.165, 1.54) is 28.5 Å². The van der Waals surface area contributed by atoms with E-state index in [9.17, 15) is 4.79 Å². The van der Waals surface area contributed by atoms with Crippen LogP contribution in [0.25, 0.3) is 5.69 Å². The van der Waals surface area contributed by atoms with Crippen LogP contribution >= 0.6 is 11.8 Å². The maximum Gasteiger partial charge on any atom is 0.233 e. The SMILES string of the molecule is Cc1ccc(-n2c(Cc3ccccc3)nnc2SCC(=O)N2CCC(C)CC2)c(C)c1. The summed E-state index contributed by atoms with van der Waals surface area (Å²) in [4.78, 5) is 14.8. The fourth-order valence-corrected chi connectivity index (χ4v) is 4.93. The second kappa shape index (κ2) is 9.69. The van der Waals surface area contributed by atoms with Crippen LogP contribution in [0, 0.1) is 19.8 Å². The number of aromatic nitrogens is 3. The lowest BCUT2D eigenvalue weighted by Crippen LogP contribution is -2.38. The molecular weight excluding hydrogens is 404 g/mol. The summed E-state index contributed by atoms with van der Waals surface area (Å²) in [5.41, 5.74) is 4.66. The molecule has 6 heteroatoms. The van der Waals surface area contributed by atoms with Crippen LogP contribution in [-0.4, -0.2) is 44.4 Å². The summed E-state index contributed by atoms with van der Waals surface area (Å²) >= 11 is 1.49. The molecule has 0 aliphatic carbocycles. The smallest absolute Gasteiger partial charge is 0.233 e. The molecule has 4 rings (SSSR count). The third-order valence-electron chi connectivity index (χ3n) is 5.96. The van der Waals surface area contributed by atoms with E-state index in [0.29, 0.717) is 18.1 Å². The van der Waals surface area contributed by atoms with Gasteiger partial charge in [0.25, 0.3) is 0 Å². The molecule has 1 aliphatic heterocycles. The van der Waals surface area contributed by atoms with Crippen molar-refractivity contribution in [3.05, 3.63) is 71.0 Å². The van der Waals surface area contributed by atoms with Gasteiger partial charge in [0.15, 0.2) is 5.16 Å². The number of amides is 1. The molecule has 5 nitrogen and oxygen atoms in total. The quantitative estimate of drug-likeness (QED) is 0.522. The summed E-state index contributed by atoms with van der Waals surface area (Å²) in [5, 5.41) is 9.78. The van der Waals surface area contributed by atoms with Gasteiger partial charge in [0.2, 0.25) is 5.91 Å². The summed E-state index contributed by atoms with van der Waals surface area (Å²) in [6.07, 6.45) is 2.88. The highest BCUT2D eigenvalue weighted by Gasteiger charge is 2.22. The summed E-state index contributed by atoms with van der Waals surface area (Å²) in [7, 11) is 0. The van der Waals surface area contributed by atoms with Crippen molar-refractivity contribution in [3.8, 4) is 5.69 Å². The number of benzene rings is 2. The molecule has 1 saturated heterocycles. The van der Waals surface area contributed by atoms with Crippen LogP contribution in [0.3, 0.4) is 0 Å². The molecule has 0 spiro atoms. The Labute approximate surface area is 188 Å². The number of hydrogen-bond donors (Lipinski definition) is 0. The van der Waals surface area contributed by atoms with Gasteiger partial charge < -0.3 is 4.90 Å². The molecule has 0 saturated carbocycles. The van der Waals surface area contributed by atoms with Crippen molar-refractivity contribution in [3.63, 3.8) is 0 Å². The molecule has 0 unspecified atom stereocenters. The Morgan fingerprint density at radius 1 is 1.06 bits per heavy atom. The maximum absolute atomic E-state index is 12.8. The Balaban J connectivity index is 1.59.